The van der Waals surface area contributed by atoms with Crippen LogP contribution in [0.4, 0.5) is 22.6 Å². The Balaban J connectivity index is 2.16. The van der Waals surface area contributed by atoms with Crippen molar-refractivity contribution < 1.29 is 22.3 Å². The molecule has 1 aromatic carbocycles. The molecular weight excluding hydrogens is 310 g/mol. The van der Waals surface area contributed by atoms with Gasteiger partial charge in [0.2, 0.25) is 11.6 Å². The maximum absolute atomic E-state index is 13.4. The van der Waals surface area contributed by atoms with Gasteiger partial charge in [0.05, 0.1) is 0 Å². The normalized spacial score (nSPS) is 10.7. The molecule has 0 aliphatic heterocycles. The van der Waals surface area contributed by atoms with E-state index in [-0.39, 0.29) is 12.7 Å². The van der Waals surface area contributed by atoms with Crippen LogP contribution >= 0.6 is 11.5 Å². The molecule has 4 nitrogen and oxygen atoms in total. The molecule has 9 heteroatoms. The Morgan fingerprint density at radius 1 is 1.19 bits per heavy atom. The molecule has 0 saturated carbocycles. The van der Waals surface area contributed by atoms with E-state index < -0.39 is 29.0 Å². The van der Waals surface area contributed by atoms with Crippen molar-refractivity contribution in [2.75, 3.05) is 11.9 Å². The third-order valence-corrected chi connectivity index (χ3v) is 3.24. The summed E-state index contributed by atoms with van der Waals surface area (Å²) in [7, 11) is 0. The molecule has 0 radical (unpaired) electrons. The van der Waals surface area contributed by atoms with Crippen LogP contribution in [0.15, 0.2) is 6.07 Å². The number of hydrogen-bond acceptors (Lipinski definition) is 5. The molecule has 0 fully saturated rings. The zero-order valence-electron chi connectivity index (χ0n) is 10.9. The number of aromatic nitrogens is 2. The standard InChI is InChI=1S/C12H11F4N3OS/c1-2-3-17-12-8(18-19-21-12)5-20-11-9(15)6(13)4-7(14)10(11)16/h4,17H,2-3,5H2,1H3. The van der Waals surface area contributed by atoms with Crippen LogP contribution in [0.3, 0.4) is 0 Å². The molecule has 1 aromatic heterocycles. The zero-order valence-corrected chi connectivity index (χ0v) is 11.7. The minimum atomic E-state index is -1.58. The van der Waals surface area contributed by atoms with Gasteiger partial charge in [-0.1, -0.05) is 11.4 Å². The second kappa shape index (κ2) is 6.70. The SMILES string of the molecule is CCCNc1snnc1COc1c(F)c(F)cc(F)c1F. The molecule has 0 atom stereocenters. The molecule has 0 unspecified atom stereocenters. The minimum Gasteiger partial charge on any atom is -0.481 e. The Morgan fingerprint density at radius 2 is 1.86 bits per heavy atom. The quantitative estimate of drug-likeness (QED) is 0.653. The van der Waals surface area contributed by atoms with Gasteiger partial charge in [0, 0.05) is 24.1 Å². The van der Waals surface area contributed by atoms with Crippen molar-refractivity contribution in [1.82, 2.24) is 9.59 Å². The van der Waals surface area contributed by atoms with Gasteiger partial charge in [-0.2, -0.15) is 8.78 Å². The lowest BCUT2D eigenvalue weighted by Gasteiger charge is -2.09. The van der Waals surface area contributed by atoms with Gasteiger partial charge < -0.3 is 10.1 Å². The Bertz CT molecular complexity index is 609. The van der Waals surface area contributed by atoms with E-state index in [0.29, 0.717) is 17.2 Å². The molecule has 114 valence electrons. The average Bonchev–Trinajstić information content (AvgIpc) is 2.90. The first-order chi connectivity index (χ1) is 10.0. The number of nitrogens with one attached hydrogen (secondary N) is 1. The van der Waals surface area contributed by atoms with Crippen LogP contribution in [0.1, 0.15) is 19.0 Å². The maximum atomic E-state index is 13.4. The summed E-state index contributed by atoms with van der Waals surface area (Å²) in [5, 5.41) is 7.32. The lowest BCUT2D eigenvalue weighted by molar-refractivity contribution is 0.258. The summed E-state index contributed by atoms with van der Waals surface area (Å²) in [4.78, 5) is 0. The topological polar surface area (TPSA) is 47.0 Å². The first kappa shape index (κ1) is 15.5. The van der Waals surface area contributed by atoms with Gasteiger partial charge in [0.1, 0.15) is 17.3 Å². The van der Waals surface area contributed by atoms with Gasteiger partial charge in [-0.15, -0.1) is 5.10 Å². The van der Waals surface area contributed by atoms with Gasteiger partial charge in [-0.25, -0.2) is 8.78 Å². The number of halogens is 4. The zero-order chi connectivity index (χ0) is 15.4. The summed E-state index contributed by atoms with van der Waals surface area (Å²) in [5.41, 5.74) is 0.303. The summed E-state index contributed by atoms with van der Waals surface area (Å²) >= 11 is 1.05. The van der Waals surface area contributed by atoms with E-state index in [1.807, 2.05) is 6.92 Å². The van der Waals surface area contributed by atoms with Crippen LogP contribution in [0.5, 0.6) is 5.75 Å². The van der Waals surface area contributed by atoms with Gasteiger partial charge in [-0.05, 0) is 6.42 Å². The highest BCUT2D eigenvalue weighted by molar-refractivity contribution is 7.10. The molecule has 1 N–H and O–H groups in total. The molecule has 2 rings (SSSR count). The van der Waals surface area contributed by atoms with Crippen LogP contribution in [0.25, 0.3) is 0 Å². The van der Waals surface area contributed by atoms with E-state index in [1.165, 1.54) is 0 Å². The summed E-state index contributed by atoms with van der Waals surface area (Å²) in [6.07, 6.45) is 0.858. The number of anilines is 1. The number of nitrogens with zero attached hydrogens (tertiary/aromatic N) is 2. The van der Waals surface area contributed by atoms with Crippen LogP contribution in [-0.4, -0.2) is 16.1 Å². The summed E-state index contributed by atoms with van der Waals surface area (Å²) in [6.45, 7) is 2.26. The molecule has 1 heterocycles. The molecule has 0 bridgehead atoms. The van der Waals surface area contributed by atoms with Crippen molar-refractivity contribution >= 4 is 16.5 Å². The minimum absolute atomic E-state index is 0.121. The lowest BCUT2D eigenvalue weighted by Crippen LogP contribution is -2.07. The van der Waals surface area contributed by atoms with Crippen molar-refractivity contribution in [3.8, 4) is 5.75 Å². The molecule has 21 heavy (non-hydrogen) atoms. The third kappa shape index (κ3) is 3.41. The highest BCUT2D eigenvalue weighted by Gasteiger charge is 2.21. The monoisotopic (exact) mass is 321 g/mol. The van der Waals surface area contributed by atoms with E-state index in [2.05, 4.69) is 14.9 Å². The smallest absolute Gasteiger partial charge is 0.203 e. The van der Waals surface area contributed by atoms with Gasteiger partial charge in [-0.3, -0.25) is 0 Å². The van der Waals surface area contributed by atoms with Crippen molar-refractivity contribution in [1.29, 1.82) is 0 Å². The largest absolute Gasteiger partial charge is 0.481 e. The van der Waals surface area contributed by atoms with Crippen molar-refractivity contribution in [3.63, 3.8) is 0 Å². The van der Waals surface area contributed by atoms with E-state index >= 15 is 0 Å². The van der Waals surface area contributed by atoms with Crippen LogP contribution in [0.2, 0.25) is 0 Å². The van der Waals surface area contributed by atoms with Gasteiger partial charge in [0.25, 0.3) is 0 Å². The third-order valence-electron chi connectivity index (χ3n) is 2.52. The fourth-order valence-corrected chi connectivity index (χ4v) is 2.09. The predicted molar refractivity (Wildman–Crippen MR) is 69.3 cm³/mol. The first-order valence-corrected chi connectivity index (χ1v) is 6.82. The van der Waals surface area contributed by atoms with Crippen molar-refractivity contribution in [2.24, 2.45) is 0 Å². The number of rotatable bonds is 6. The Labute approximate surface area is 121 Å². The predicted octanol–water partition coefficient (Wildman–Crippen LogP) is 3.50. The van der Waals surface area contributed by atoms with Gasteiger partial charge in [0.15, 0.2) is 17.4 Å². The van der Waals surface area contributed by atoms with E-state index in [0.717, 1.165) is 18.0 Å². The second-order valence-electron chi connectivity index (χ2n) is 4.06. The maximum Gasteiger partial charge on any atom is 0.203 e. The highest BCUT2D eigenvalue weighted by atomic mass is 32.1. The summed E-state index contributed by atoms with van der Waals surface area (Å²) in [6, 6.07) is 0.121. The molecule has 2 aromatic rings. The Kier molecular flexibility index (Phi) is 4.94. The average molecular weight is 321 g/mol. The highest BCUT2D eigenvalue weighted by Crippen LogP contribution is 2.28. The molecule has 0 saturated heterocycles. The molecule has 0 aliphatic carbocycles. The number of ether oxygens (including phenoxy) is 1. The Morgan fingerprint density at radius 3 is 2.48 bits per heavy atom. The first-order valence-electron chi connectivity index (χ1n) is 6.05. The lowest BCUT2D eigenvalue weighted by atomic mass is 10.3. The second-order valence-corrected chi connectivity index (χ2v) is 4.82. The Hall–Kier alpha value is -1.90. The summed E-state index contributed by atoms with van der Waals surface area (Å²) in [5.74, 6) is -7.32. The van der Waals surface area contributed by atoms with Crippen molar-refractivity contribution in [3.05, 3.63) is 35.0 Å². The molecule has 0 spiro atoms. The molecular formula is C12H11F4N3OS. The van der Waals surface area contributed by atoms with E-state index in [4.69, 9.17) is 4.74 Å². The molecule has 0 amide bonds. The number of hydrogen-bond donors (Lipinski definition) is 1. The van der Waals surface area contributed by atoms with E-state index in [1.54, 1.807) is 0 Å². The van der Waals surface area contributed by atoms with Crippen molar-refractivity contribution in [2.45, 2.75) is 20.0 Å². The van der Waals surface area contributed by atoms with Crippen LogP contribution in [0, 0.1) is 23.3 Å². The molecule has 0 aliphatic rings. The fraction of sp³-hybridized carbons (Fsp3) is 0.333. The summed E-state index contributed by atoms with van der Waals surface area (Å²) < 4.78 is 61.4. The van der Waals surface area contributed by atoms with Gasteiger partial charge >= 0.3 is 0 Å². The van der Waals surface area contributed by atoms with Crippen LogP contribution < -0.4 is 10.1 Å². The van der Waals surface area contributed by atoms with E-state index in [9.17, 15) is 17.6 Å². The van der Waals surface area contributed by atoms with Crippen LogP contribution in [-0.2, 0) is 6.61 Å². The fourth-order valence-electron chi connectivity index (χ4n) is 1.49. The number of benzene rings is 1.